The van der Waals surface area contributed by atoms with E-state index in [1.54, 1.807) is 0 Å². The Hall–Kier alpha value is -1.94. The smallest absolute Gasteiger partial charge is 0.352 e. The zero-order chi connectivity index (χ0) is 19.7. The number of amides is 2. The van der Waals surface area contributed by atoms with Crippen LogP contribution >= 0.6 is 45.9 Å². The van der Waals surface area contributed by atoms with Gasteiger partial charge in [-0.1, -0.05) is 27.7 Å². The Morgan fingerprint density at radius 1 is 1.56 bits per heavy atom. The molecule has 0 bridgehead atoms. The van der Waals surface area contributed by atoms with Gasteiger partial charge in [-0.15, -0.1) is 11.8 Å². The molecule has 3 heterocycles. The SMILES string of the molecule is CO/N=C(\C(=O)N[C@H]1C(=O)N2C(C(=O)O)=C(CI)CS[C@H]12)c1nsc(N)n1. The van der Waals surface area contributed by atoms with Crippen LogP contribution < -0.4 is 11.1 Å². The number of carboxylic acids is 1. The molecule has 0 unspecified atom stereocenters. The van der Waals surface area contributed by atoms with E-state index in [0.717, 1.165) is 11.5 Å². The first kappa shape index (κ1) is 19.8. The first-order valence-corrected chi connectivity index (χ1v) is 10.7. The number of hydrogen-bond acceptors (Lipinski definition) is 10. The molecule has 0 aliphatic carbocycles. The van der Waals surface area contributed by atoms with Gasteiger partial charge in [-0.3, -0.25) is 14.5 Å². The predicted octanol–water partition coefficient (Wildman–Crippen LogP) is -0.356. The molecule has 0 aromatic carbocycles. The van der Waals surface area contributed by atoms with Gasteiger partial charge in [-0.25, -0.2) is 4.79 Å². The van der Waals surface area contributed by atoms with Gasteiger partial charge >= 0.3 is 5.97 Å². The second-order valence-corrected chi connectivity index (χ2v) is 7.98. The van der Waals surface area contributed by atoms with Crippen LogP contribution in [0.1, 0.15) is 5.82 Å². The maximum atomic E-state index is 12.6. The van der Waals surface area contributed by atoms with Gasteiger partial charge in [-0.2, -0.15) is 9.36 Å². The first-order valence-electron chi connectivity index (χ1n) is 7.36. The van der Waals surface area contributed by atoms with Gasteiger partial charge in [0, 0.05) is 21.7 Å². The van der Waals surface area contributed by atoms with Gasteiger partial charge < -0.3 is 21.0 Å². The average molecular weight is 524 g/mol. The summed E-state index contributed by atoms with van der Waals surface area (Å²) in [5.74, 6) is -1.92. The second-order valence-electron chi connectivity index (χ2n) is 5.33. The van der Waals surface area contributed by atoms with Crippen LogP contribution in [0.4, 0.5) is 5.13 Å². The maximum Gasteiger partial charge on any atom is 0.352 e. The van der Waals surface area contributed by atoms with Crippen LogP contribution in [0, 0.1) is 0 Å². The highest BCUT2D eigenvalue weighted by Gasteiger charge is 2.54. The number of carbonyl (C=O) groups excluding carboxylic acids is 2. The minimum absolute atomic E-state index is 0.0108. The first-order chi connectivity index (χ1) is 12.9. The van der Waals surface area contributed by atoms with Crippen LogP contribution in [-0.2, 0) is 19.2 Å². The number of aromatic nitrogens is 2. The lowest BCUT2D eigenvalue weighted by molar-refractivity contribution is -0.150. The Morgan fingerprint density at radius 3 is 2.85 bits per heavy atom. The fourth-order valence-corrected chi connectivity index (χ4v) is 5.38. The number of hydrogen-bond donors (Lipinski definition) is 3. The number of fused-ring (bicyclic) bond motifs is 1. The van der Waals surface area contributed by atoms with E-state index in [2.05, 4.69) is 47.3 Å². The van der Waals surface area contributed by atoms with Crippen LogP contribution in [0.25, 0.3) is 0 Å². The molecule has 2 amide bonds. The Kier molecular flexibility index (Phi) is 5.85. The topological polar surface area (TPSA) is 160 Å². The fourth-order valence-electron chi connectivity index (χ4n) is 2.60. The number of alkyl halides is 1. The van der Waals surface area contributed by atoms with Crippen molar-refractivity contribution in [2.24, 2.45) is 5.16 Å². The third-order valence-electron chi connectivity index (χ3n) is 3.75. The molecular weight excluding hydrogens is 511 g/mol. The van der Waals surface area contributed by atoms with E-state index in [9.17, 15) is 19.5 Å². The van der Waals surface area contributed by atoms with Crippen molar-refractivity contribution in [3.63, 3.8) is 0 Å². The monoisotopic (exact) mass is 524 g/mol. The number of halogens is 1. The molecule has 27 heavy (non-hydrogen) atoms. The van der Waals surface area contributed by atoms with Crippen molar-refractivity contribution >= 4 is 74.5 Å². The summed E-state index contributed by atoms with van der Waals surface area (Å²) in [5.41, 5.74) is 5.96. The number of carboxylic acid groups (broad SMARTS) is 1. The van der Waals surface area contributed by atoms with Crippen molar-refractivity contribution in [1.29, 1.82) is 0 Å². The summed E-state index contributed by atoms with van der Waals surface area (Å²) in [6.45, 7) is 0. The van der Waals surface area contributed by atoms with Crippen molar-refractivity contribution in [1.82, 2.24) is 19.6 Å². The molecule has 1 fully saturated rings. The number of nitrogens with one attached hydrogen (secondary N) is 1. The quantitative estimate of drug-likeness (QED) is 0.149. The predicted molar refractivity (Wildman–Crippen MR) is 106 cm³/mol. The lowest BCUT2D eigenvalue weighted by atomic mass is 10.0. The number of oxime groups is 1. The minimum Gasteiger partial charge on any atom is -0.477 e. The molecule has 0 spiro atoms. The van der Waals surface area contributed by atoms with E-state index < -0.39 is 29.2 Å². The zero-order valence-corrected chi connectivity index (χ0v) is 17.5. The Balaban J connectivity index is 1.79. The maximum absolute atomic E-state index is 12.6. The molecule has 3 rings (SSSR count). The highest BCUT2D eigenvalue weighted by molar-refractivity contribution is 14.1. The molecule has 11 nitrogen and oxygen atoms in total. The average Bonchev–Trinajstić information content (AvgIpc) is 3.08. The van der Waals surface area contributed by atoms with Gasteiger partial charge in [0.2, 0.25) is 11.5 Å². The van der Waals surface area contributed by atoms with Gasteiger partial charge in [0.05, 0.1) is 0 Å². The number of carbonyl (C=O) groups is 3. The highest BCUT2D eigenvalue weighted by atomic mass is 127. The number of aliphatic carboxylic acids is 1. The Morgan fingerprint density at radius 2 is 2.30 bits per heavy atom. The molecule has 1 saturated heterocycles. The van der Waals surface area contributed by atoms with Crippen LogP contribution in [0.15, 0.2) is 16.4 Å². The van der Waals surface area contributed by atoms with Crippen LogP contribution in [0.2, 0.25) is 0 Å². The fraction of sp³-hybridized carbons (Fsp3) is 0.385. The van der Waals surface area contributed by atoms with Crippen LogP contribution in [0.5, 0.6) is 0 Å². The summed E-state index contributed by atoms with van der Waals surface area (Å²) in [6.07, 6.45) is 0. The summed E-state index contributed by atoms with van der Waals surface area (Å²) in [6, 6.07) is -0.884. The minimum atomic E-state index is -1.16. The third kappa shape index (κ3) is 3.60. The van der Waals surface area contributed by atoms with Crippen LogP contribution in [0.3, 0.4) is 0 Å². The Bertz CT molecular complexity index is 871. The summed E-state index contributed by atoms with van der Waals surface area (Å²) < 4.78 is 4.41. The van der Waals surface area contributed by atoms with E-state index >= 15 is 0 Å². The number of anilines is 1. The van der Waals surface area contributed by atoms with Crippen molar-refractivity contribution in [3.05, 3.63) is 17.1 Å². The second kappa shape index (κ2) is 7.97. The van der Waals surface area contributed by atoms with Crippen molar-refractivity contribution < 1.29 is 24.3 Å². The number of nitrogen functional groups attached to an aromatic ring is 1. The lowest BCUT2D eigenvalue weighted by Gasteiger charge is -2.49. The molecule has 1 aromatic heterocycles. The van der Waals surface area contributed by atoms with Gasteiger partial charge in [0.15, 0.2) is 5.13 Å². The van der Waals surface area contributed by atoms with E-state index in [-0.39, 0.29) is 22.4 Å². The normalized spacial score (nSPS) is 22.2. The zero-order valence-electron chi connectivity index (χ0n) is 13.7. The van der Waals surface area contributed by atoms with Gasteiger partial charge in [0.1, 0.15) is 24.2 Å². The highest BCUT2D eigenvalue weighted by Crippen LogP contribution is 2.40. The molecule has 1 aromatic rings. The summed E-state index contributed by atoms with van der Waals surface area (Å²) in [4.78, 5) is 46.4. The molecule has 14 heteroatoms. The largest absolute Gasteiger partial charge is 0.477 e. The van der Waals surface area contributed by atoms with Gasteiger partial charge in [0.25, 0.3) is 11.8 Å². The molecule has 4 N–H and O–H groups in total. The number of rotatable bonds is 6. The van der Waals surface area contributed by atoms with Gasteiger partial charge in [-0.05, 0) is 5.57 Å². The van der Waals surface area contributed by atoms with E-state index in [4.69, 9.17) is 5.73 Å². The standard InChI is InChI=1S/C13H13IN6O5S2/c1-25-18-5(8-17-13(15)27-19-8)9(21)16-6-10(22)20-7(12(23)24)4(2-14)3-26-11(6)20/h6,11H,2-3H2,1H3,(H,16,21)(H,23,24)(H2,15,17,19)/b18-5-/t6-,11+/m0/s1. The van der Waals surface area contributed by atoms with E-state index in [1.807, 2.05) is 0 Å². The molecule has 144 valence electrons. The lowest BCUT2D eigenvalue weighted by Crippen LogP contribution is -2.71. The molecule has 2 atom stereocenters. The third-order valence-corrected chi connectivity index (χ3v) is 6.55. The number of β-lactam (4-membered cyclic amide) rings is 1. The number of nitrogens with zero attached hydrogens (tertiary/aromatic N) is 4. The summed E-state index contributed by atoms with van der Waals surface area (Å²) in [7, 11) is 1.26. The number of thioether (sulfide) groups is 1. The molecule has 0 saturated carbocycles. The molecule has 0 radical (unpaired) electrons. The summed E-state index contributed by atoms with van der Waals surface area (Å²) >= 11 is 4.34. The van der Waals surface area contributed by atoms with Crippen molar-refractivity contribution in [2.75, 3.05) is 23.0 Å². The summed E-state index contributed by atoms with van der Waals surface area (Å²) in [5, 5.41) is 15.3. The Labute approximate surface area is 174 Å². The number of nitrogens with two attached hydrogens (primary N) is 1. The molecule has 2 aliphatic heterocycles. The van der Waals surface area contributed by atoms with Crippen LogP contribution in [-0.4, -0.2) is 71.6 Å². The van der Waals surface area contributed by atoms with Crippen molar-refractivity contribution in [2.45, 2.75) is 11.4 Å². The van der Waals surface area contributed by atoms with Crippen molar-refractivity contribution in [3.8, 4) is 0 Å². The molecular formula is C13H13IN6O5S2. The van der Waals surface area contributed by atoms with E-state index in [0.29, 0.717) is 15.8 Å². The molecule has 2 aliphatic rings. The van der Waals surface area contributed by atoms with E-state index in [1.165, 1.54) is 23.8 Å².